The fourth-order valence-electron chi connectivity index (χ4n) is 6.95. The molecule has 9 rings (SSSR count). The summed E-state index contributed by atoms with van der Waals surface area (Å²) in [4.78, 5) is 7.46. The SMILES string of the molecule is O=P(c1ccccc1)(c1ccccc1)c1ccc(-c2ccc(N3c4ccccc4-c4ccccc4-n4c3nc3ccccc34)cc2)cc1. The molecule has 0 atom stereocenters. The van der Waals surface area contributed by atoms with Gasteiger partial charge in [-0.2, -0.15) is 0 Å². The van der Waals surface area contributed by atoms with Gasteiger partial charge in [-0.1, -0.05) is 146 Å². The minimum Gasteiger partial charge on any atom is -0.309 e. The van der Waals surface area contributed by atoms with Crippen molar-refractivity contribution in [3.63, 3.8) is 0 Å². The van der Waals surface area contributed by atoms with Crippen molar-refractivity contribution in [2.75, 3.05) is 4.90 Å². The van der Waals surface area contributed by atoms with Gasteiger partial charge in [0.05, 0.1) is 22.4 Å². The lowest BCUT2D eigenvalue weighted by molar-refractivity contribution is 0.592. The highest BCUT2D eigenvalue weighted by molar-refractivity contribution is 7.85. The predicted molar refractivity (Wildman–Crippen MR) is 200 cm³/mol. The van der Waals surface area contributed by atoms with Crippen molar-refractivity contribution >= 4 is 51.4 Å². The van der Waals surface area contributed by atoms with Gasteiger partial charge >= 0.3 is 0 Å². The van der Waals surface area contributed by atoms with Gasteiger partial charge in [-0.05, 0) is 47.5 Å². The second kappa shape index (κ2) is 11.4. The first-order chi connectivity index (χ1) is 23.7. The molecule has 1 aliphatic heterocycles. The molecule has 0 saturated heterocycles. The first-order valence-corrected chi connectivity index (χ1v) is 17.8. The highest BCUT2D eigenvalue weighted by Crippen LogP contribution is 2.48. The Morgan fingerprint density at radius 3 is 1.56 bits per heavy atom. The Morgan fingerprint density at radius 1 is 0.438 bits per heavy atom. The molecule has 0 amide bonds. The van der Waals surface area contributed by atoms with Crippen LogP contribution in [0.2, 0.25) is 0 Å². The Bertz CT molecular complexity index is 2430. The fourth-order valence-corrected chi connectivity index (χ4v) is 9.59. The summed E-state index contributed by atoms with van der Waals surface area (Å²) in [5.41, 5.74) is 9.69. The number of aromatic nitrogens is 2. The van der Waals surface area contributed by atoms with E-state index in [0.29, 0.717) is 0 Å². The van der Waals surface area contributed by atoms with Gasteiger partial charge in [0.1, 0.15) is 0 Å². The summed E-state index contributed by atoms with van der Waals surface area (Å²) in [5, 5.41) is 2.48. The minimum atomic E-state index is -3.03. The normalized spacial score (nSPS) is 12.2. The van der Waals surface area contributed by atoms with Gasteiger partial charge in [0.15, 0.2) is 7.14 Å². The quantitative estimate of drug-likeness (QED) is 0.177. The third-order valence-electron chi connectivity index (χ3n) is 9.25. The van der Waals surface area contributed by atoms with E-state index in [4.69, 9.17) is 4.98 Å². The Kier molecular flexibility index (Phi) is 6.70. The molecule has 0 radical (unpaired) electrons. The molecule has 4 nitrogen and oxygen atoms in total. The number of benzene rings is 7. The van der Waals surface area contributed by atoms with Crippen molar-refractivity contribution in [3.05, 3.63) is 182 Å². The van der Waals surface area contributed by atoms with E-state index in [2.05, 4.69) is 113 Å². The number of anilines is 3. The Morgan fingerprint density at radius 2 is 0.917 bits per heavy atom. The molecule has 0 bridgehead atoms. The van der Waals surface area contributed by atoms with Crippen molar-refractivity contribution < 1.29 is 4.57 Å². The van der Waals surface area contributed by atoms with Gasteiger partial charge in [-0.25, -0.2) is 4.98 Å². The van der Waals surface area contributed by atoms with E-state index in [1.54, 1.807) is 0 Å². The number of rotatable bonds is 5. The molecule has 5 heteroatoms. The maximum atomic E-state index is 14.8. The molecule has 0 aliphatic carbocycles. The summed E-state index contributed by atoms with van der Waals surface area (Å²) in [6.45, 7) is 0. The fraction of sp³-hybridized carbons (Fsp3) is 0. The molecule has 48 heavy (non-hydrogen) atoms. The van der Waals surface area contributed by atoms with Gasteiger partial charge in [0.25, 0.3) is 0 Å². The Balaban J connectivity index is 1.13. The summed E-state index contributed by atoms with van der Waals surface area (Å²) in [7, 11) is -3.03. The van der Waals surface area contributed by atoms with Crippen LogP contribution in [0.3, 0.4) is 0 Å². The van der Waals surface area contributed by atoms with Crippen molar-refractivity contribution in [1.29, 1.82) is 0 Å². The maximum Gasteiger partial charge on any atom is 0.220 e. The molecule has 228 valence electrons. The number of para-hydroxylation sites is 4. The molecule has 7 aromatic carbocycles. The molecule has 0 N–H and O–H groups in total. The largest absolute Gasteiger partial charge is 0.309 e. The van der Waals surface area contributed by atoms with Gasteiger partial charge in [0, 0.05) is 32.7 Å². The summed E-state index contributed by atoms with van der Waals surface area (Å²) in [5.74, 6) is 0.850. The Hall–Kier alpha value is -5.96. The third-order valence-corrected chi connectivity index (χ3v) is 12.3. The molecule has 1 aliphatic rings. The number of imidazole rings is 1. The van der Waals surface area contributed by atoms with Crippen LogP contribution in [0.5, 0.6) is 0 Å². The summed E-state index contributed by atoms with van der Waals surface area (Å²) in [6, 6.07) is 61.9. The summed E-state index contributed by atoms with van der Waals surface area (Å²) < 4.78 is 17.1. The molecule has 0 fully saturated rings. The molecule has 0 unspecified atom stereocenters. The average Bonchev–Trinajstić information content (AvgIpc) is 3.49. The van der Waals surface area contributed by atoms with Gasteiger partial charge in [0.2, 0.25) is 5.95 Å². The first kappa shape index (κ1) is 28.3. The standard InChI is InChI=1S/C43H30N3OP/c47-48(34-13-3-1-4-14-34,35-15-5-2-6-16-35)36-29-25-32(26-30-36)31-23-27-33(28-24-31)45-40-20-10-7-17-37(40)38-18-8-11-21-41(38)46-42-22-12-9-19-39(42)44-43(45)46/h1-30H. The van der Waals surface area contributed by atoms with Crippen molar-refractivity contribution in [2.24, 2.45) is 0 Å². The topological polar surface area (TPSA) is 38.1 Å². The predicted octanol–water partition coefficient (Wildman–Crippen LogP) is 9.78. The lowest BCUT2D eigenvalue weighted by Crippen LogP contribution is -2.24. The van der Waals surface area contributed by atoms with E-state index < -0.39 is 7.14 Å². The second-order valence-electron chi connectivity index (χ2n) is 12.0. The molecule has 0 spiro atoms. The zero-order chi connectivity index (χ0) is 32.1. The number of hydrogen-bond donors (Lipinski definition) is 0. The number of nitrogens with zero attached hydrogens (tertiary/aromatic N) is 3. The third kappa shape index (κ3) is 4.45. The van der Waals surface area contributed by atoms with Crippen molar-refractivity contribution in [2.45, 2.75) is 0 Å². The number of hydrogen-bond acceptors (Lipinski definition) is 3. The van der Waals surface area contributed by atoms with Crippen LogP contribution >= 0.6 is 7.14 Å². The van der Waals surface area contributed by atoms with Gasteiger partial charge in [-0.3, -0.25) is 9.47 Å². The zero-order valence-electron chi connectivity index (χ0n) is 26.0. The highest BCUT2D eigenvalue weighted by atomic mass is 31.2. The van der Waals surface area contributed by atoms with E-state index in [1.165, 1.54) is 5.56 Å². The van der Waals surface area contributed by atoms with E-state index in [1.807, 2.05) is 78.9 Å². The molecule has 2 heterocycles. The molecular formula is C43H30N3OP. The smallest absolute Gasteiger partial charge is 0.220 e. The molecular weight excluding hydrogens is 605 g/mol. The monoisotopic (exact) mass is 635 g/mol. The summed E-state index contributed by atoms with van der Waals surface area (Å²) >= 11 is 0. The average molecular weight is 636 g/mol. The van der Waals surface area contributed by atoms with E-state index in [9.17, 15) is 4.57 Å². The summed E-state index contributed by atoms with van der Waals surface area (Å²) in [6.07, 6.45) is 0. The van der Waals surface area contributed by atoms with Crippen LogP contribution in [0.4, 0.5) is 17.3 Å². The van der Waals surface area contributed by atoms with Crippen molar-refractivity contribution in [3.8, 4) is 27.9 Å². The van der Waals surface area contributed by atoms with Crippen LogP contribution < -0.4 is 20.8 Å². The van der Waals surface area contributed by atoms with Crippen LogP contribution in [-0.2, 0) is 4.57 Å². The number of fused-ring (bicyclic) bond motifs is 7. The van der Waals surface area contributed by atoms with Crippen LogP contribution in [0, 0.1) is 0 Å². The maximum absolute atomic E-state index is 14.8. The van der Waals surface area contributed by atoms with Crippen LogP contribution in [0.25, 0.3) is 39.0 Å². The van der Waals surface area contributed by atoms with E-state index >= 15 is 0 Å². The van der Waals surface area contributed by atoms with Crippen LogP contribution in [0.15, 0.2) is 182 Å². The molecule has 8 aromatic rings. The van der Waals surface area contributed by atoms with Gasteiger partial charge < -0.3 is 4.57 Å². The van der Waals surface area contributed by atoms with Crippen LogP contribution in [0.1, 0.15) is 0 Å². The van der Waals surface area contributed by atoms with Crippen LogP contribution in [-0.4, -0.2) is 9.55 Å². The van der Waals surface area contributed by atoms with Gasteiger partial charge in [-0.15, -0.1) is 0 Å². The molecule has 1 aromatic heterocycles. The van der Waals surface area contributed by atoms with Crippen molar-refractivity contribution in [1.82, 2.24) is 9.55 Å². The van der Waals surface area contributed by atoms with E-state index in [-0.39, 0.29) is 0 Å². The lowest BCUT2D eigenvalue weighted by atomic mass is 10.0. The Labute approximate surface area is 279 Å². The minimum absolute atomic E-state index is 0.819. The first-order valence-electron chi connectivity index (χ1n) is 16.1. The lowest BCUT2D eigenvalue weighted by Gasteiger charge is -2.24. The second-order valence-corrected chi connectivity index (χ2v) is 14.7. The highest BCUT2D eigenvalue weighted by Gasteiger charge is 2.30. The molecule has 0 saturated carbocycles. The van der Waals surface area contributed by atoms with E-state index in [0.717, 1.165) is 66.6 Å². The zero-order valence-corrected chi connectivity index (χ0v) is 26.9.